The lowest BCUT2D eigenvalue weighted by Crippen LogP contribution is -2.30. The number of hydrogen-bond donors (Lipinski definition) is 3. The molecule has 0 aliphatic carbocycles. The molecule has 0 aromatic rings. The van der Waals surface area contributed by atoms with Crippen molar-refractivity contribution in [1.29, 1.82) is 0 Å². The van der Waals surface area contributed by atoms with Gasteiger partial charge in [0.1, 0.15) is 19.3 Å². The molecular weight excluding hydrogens is 1500 g/mol. The van der Waals surface area contributed by atoms with Gasteiger partial charge in [-0.2, -0.15) is 0 Å². The van der Waals surface area contributed by atoms with Crippen molar-refractivity contribution in [3.8, 4) is 0 Å². The fourth-order valence-electron chi connectivity index (χ4n) is 15.4. The van der Waals surface area contributed by atoms with E-state index in [1.54, 1.807) is 0 Å². The van der Waals surface area contributed by atoms with E-state index in [2.05, 4.69) is 34.6 Å². The Morgan fingerprint density at radius 3 is 0.586 bits per heavy atom. The number of unbranched alkanes of at least 4 members (excludes halogenated alkanes) is 69. The Labute approximate surface area is 715 Å². The fraction of sp³-hybridized carbons (Fsp3) is 0.959. The standard InChI is InChI=1S/C97H190O17P2/c1-6-9-12-15-18-21-24-27-30-33-36-39-42-44-47-50-53-56-59-65-70-75-80-94(99)107-86-92(113-96(101)82-77-72-68-61-58-55-52-49-46-43-40-37-34-31-28-25-22-19-16-13-10-7-2)88-111-115(103,104)109-84-91(98)85-110-116(105,106)112-89-93(87-108-95(100)81-76-71-66-63-62-64-69-74-79-90(4)5)114-97(102)83-78-73-67-60-57-54-51-48-45-41-38-35-32-29-26-23-20-17-14-11-8-3/h90-93,98H,6-89H2,1-5H3,(H,103,104)(H,105,106)/t91-,92-,93-/m1/s1. The van der Waals surface area contributed by atoms with Crippen molar-refractivity contribution in [2.45, 2.75) is 554 Å². The zero-order chi connectivity index (χ0) is 84.7. The van der Waals surface area contributed by atoms with Crippen LogP contribution in [-0.2, 0) is 65.4 Å². The Kier molecular flexibility index (Phi) is 87.8. The molecule has 0 amide bonds. The minimum absolute atomic E-state index is 0.109. The first-order valence-electron chi connectivity index (χ1n) is 50.1. The lowest BCUT2D eigenvalue weighted by atomic mass is 10.0. The average Bonchev–Trinajstić information content (AvgIpc) is 0.898. The number of carbonyl (C=O) groups excluding carboxylic acids is 4. The molecule has 0 bridgehead atoms. The highest BCUT2D eigenvalue weighted by Gasteiger charge is 2.31. The van der Waals surface area contributed by atoms with Gasteiger partial charge in [-0.3, -0.25) is 37.3 Å². The zero-order valence-corrected chi connectivity index (χ0v) is 78.4. The third-order valence-electron chi connectivity index (χ3n) is 23.0. The van der Waals surface area contributed by atoms with Gasteiger partial charge in [-0.25, -0.2) is 9.13 Å². The molecule has 5 atom stereocenters. The number of ether oxygens (including phenoxy) is 4. The summed E-state index contributed by atoms with van der Waals surface area (Å²) in [5, 5.41) is 10.7. The third kappa shape index (κ3) is 89.8. The summed E-state index contributed by atoms with van der Waals surface area (Å²) in [5.41, 5.74) is 0. The predicted octanol–water partition coefficient (Wildman–Crippen LogP) is 30.7. The van der Waals surface area contributed by atoms with E-state index in [1.165, 1.54) is 360 Å². The quantitative estimate of drug-likeness (QED) is 0.0222. The molecule has 0 radical (unpaired) electrons. The highest BCUT2D eigenvalue weighted by Crippen LogP contribution is 2.45. The maximum atomic E-state index is 13.2. The molecule has 0 aromatic heterocycles. The minimum atomic E-state index is -4.97. The van der Waals surface area contributed by atoms with E-state index >= 15 is 0 Å². The molecule has 0 spiro atoms. The number of carbonyl (C=O) groups is 4. The van der Waals surface area contributed by atoms with Crippen LogP contribution >= 0.6 is 15.6 Å². The second-order valence-electron chi connectivity index (χ2n) is 35.3. The maximum Gasteiger partial charge on any atom is 0.472 e. The van der Waals surface area contributed by atoms with Crippen molar-refractivity contribution in [3.63, 3.8) is 0 Å². The highest BCUT2D eigenvalue weighted by molar-refractivity contribution is 7.47. The molecule has 0 rings (SSSR count). The van der Waals surface area contributed by atoms with Crippen molar-refractivity contribution in [2.75, 3.05) is 39.6 Å². The van der Waals surface area contributed by atoms with Gasteiger partial charge in [-0.1, -0.05) is 484 Å². The molecule has 116 heavy (non-hydrogen) atoms. The van der Waals surface area contributed by atoms with Crippen LogP contribution in [0.2, 0.25) is 0 Å². The van der Waals surface area contributed by atoms with Crippen LogP contribution in [-0.4, -0.2) is 96.7 Å². The zero-order valence-electron chi connectivity index (χ0n) is 76.7. The molecule has 690 valence electrons. The van der Waals surface area contributed by atoms with Crippen molar-refractivity contribution in [1.82, 2.24) is 0 Å². The Hall–Kier alpha value is -1.94. The molecule has 0 saturated heterocycles. The summed E-state index contributed by atoms with van der Waals surface area (Å²) in [4.78, 5) is 73.6. The molecule has 0 saturated carbocycles. The first-order chi connectivity index (χ1) is 56.5. The monoisotopic (exact) mass is 1690 g/mol. The number of phosphoric ester groups is 2. The molecule has 0 aliphatic heterocycles. The van der Waals surface area contributed by atoms with E-state index in [9.17, 15) is 43.2 Å². The lowest BCUT2D eigenvalue weighted by molar-refractivity contribution is -0.161. The van der Waals surface area contributed by atoms with Crippen molar-refractivity contribution < 1.29 is 80.2 Å². The molecule has 0 aromatic carbocycles. The van der Waals surface area contributed by atoms with E-state index in [4.69, 9.17) is 37.0 Å². The van der Waals surface area contributed by atoms with E-state index in [0.717, 1.165) is 95.8 Å². The lowest BCUT2D eigenvalue weighted by Gasteiger charge is -2.21. The summed E-state index contributed by atoms with van der Waals surface area (Å²) in [6.45, 7) is 7.39. The molecule has 2 unspecified atom stereocenters. The van der Waals surface area contributed by atoms with Crippen LogP contribution in [0.3, 0.4) is 0 Å². The summed E-state index contributed by atoms with van der Waals surface area (Å²) in [6, 6.07) is 0. The molecule has 3 N–H and O–H groups in total. The first kappa shape index (κ1) is 114. The summed E-state index contributed by atoms with van der Waals surface area (Å²) in [7, 11) is -9.94. The number of aliphatic hydroxyl groups excluding tert-OH is 1. The summed E-state index contributed by atoms with van der Waals surface area (Å²) < 4.78 is 69.2. The first-order valence-corrected chi connectivity index (χ1v) is 53.1. The Morgan fingerprint density at radius 1 is 0.233 bits per heavy atom. The number of phosphoric acid groups is 2. The number of rotatable bonds is 97. The van der Waals surface area contributed by atoms with Crippen LogP contribution < -0.4 is 0 Å². The minimum Gasteiger partial charge on any atom is -0.462 e. The van der Waals surface area contributed by atoms with Gasteiger partial charge in [0.25, 0.3) is 0 Å². The molecule has 0 fully saturated rings. The van der Waals surface area contributed by atoms with E-state index in [1.807, 2.05) is 0 Å². The van der Waals surface area contributed by atoms with Crippen molar-refractivity contribution in [3.05, 3.63) is 0 Å². The van der Waals surface area contributed by atoms with Gasteiger partial charge in [0.2, 0.25) is 0 Å². The number of esters is 4. The summed E-state index contributed by atoms with van der Waals surface area (Å²) in [5.74, 6) is -1.36. The Morgan fingerprint density at radius 2 is 0.397 bits per heavy atom. The van der Waals surface area contributed by atoms with Crippen LogP contribution in [0.5, 0.6) is 0 Å². The van der Waals surface area contributed by atoms with Crippen LogP contribution in [0, 0.1) is 5.92 Å². The molecule has 17 nitrogen and oxygen atoms in total. The Balaban J connectivity index is 5.21. The third-order valence-corrected chi connectivity index (χ3v) is 24.9. The summed E-state index contributed by atoms with van der Waals surface area (Å²) in [6.07, 6.45) is 88.0. The highest BCUT2D eigenvalue weighted by atomic mass is 31.2. The Bertz CT molecular complexity index is 2190. The van der Waals surface area contributed by atoms with Crippen molar-refractivity contribution >= 4 is 39.5 Å². The fourth-order valence-corrected chi connectivity index (χ4v) is 17.0. The van der Waals surface area contributed by atoms with E-state index < -0.39 is 97.5 Å². The smallest absolute Gasteiger partial charge is 0.462 e. The summed E-state index contributed by atoms with van der Waals surface area (Å²) >= 11 is 0. The van der Waals surface area contributed by atoms with Crippen LogP contribution in [0.25, 0.3) is 0 Å². The molecular formula is C97H190O17P2. The normalized spacial score (nSPS) is 13.6. The van der Waals surface area contributed by atoms with E-state index in [0.29, 0.717) is 25.7 Å². The number of hydrogen-bond acceptors (Lipinski definition) is 15. The van der Waals surface area contributed by atoms with Gasteiger partial charge in [-0.05, 0) is 31.6 Å². The van der Waals surface area contributed by atoms with Gasteiger partial charge in [-0.15, -0.1) is 0 Å². The molecule has 0 aliphatic rings. The van der Waals surface area contributed by atoms with Crippen molar-refractivity contribution in [2.24, 2.45) is 5.92 Å². The second-order valence-corrected chi connectivity index (χ2v) is 38.2. The molecule has 19 heteroatoms. The topological polar surface area (TPSA) is 237 Å². The number of aliphatic hydroxyl groups is 1. The second kappa shape index (κ2) is 89.3. The van der Waals surface area contributed by atoms with E-state index in [-0.39, 0.29) is 25.7 Å². The molecule has 0 heterocycles. The van der Waals surface area contributed by atoms with Gasteiger partial charge >= 0.3 is 39.5 Å². The predicted molar refractivity (Wildman–Crippen MR) is 483 cm³/mol. The maximum absolute atomic E-state index is 13.2. The van der Waals surface area contributed by atoms with Crippen LogP contribution in [0.1, 0.15) is 535 Å². The van der Waals surface area contributed by atoms with Gasteiger partial charge in [0.15, 0.2) is 12.2 Å². The van der Waals surface area contributed by atoms with Gasteiger partial charge in [0.05, 0.1) is 26.4 Å². The van der Waals surface area contributed by atoms with Gasteiger partial charge < -0.3 is 33.8 Å². The van der Waals surface area contributed by atoms with Gasteiger partial charge in [0, 0.05) is 25.7 Å². The largest absolute Gasteiger partial charge is 0.472 e. The van der Waals surface area contributed by atoms with Crippen LogP contribution in [0.4, 0.5) is 0 Å². The SMILES string of the molecule is CCCCCCCCCCCCCCCCCCCCCCCCC(=O)OC[C@H](COP(=O)(O)OC[C@@H](O)COP(=O)(O)OC[C@@H](COC(=O)CCCCCCCCCCC(C)C)OC(=O)CCCCCCCCCCCCCCCCCCCCCCC)OC(=O)CCCCCCCCCCCCCCCCCCCCCCCC. The average molecular weight is 1690 g/mol. The van der Waals surface area contributed by atoms with Crippen LogP contribution in [0.15, 0.2) is 0 Å².